The van der Waals surface area contributed by atoms with Gasteiger partial charge in [-0.25, -0.2) is 0 Å². The predicted octanol–water partition coefficient (Wildman–Crippen LogP) is 3.22. The van der Waals surface area contributed by atoms with Crippen molar-refractivity contribution in [3.8, 4) is 11.8 Å². The summed E-state index contributed by atoms with van der Waals surface area (Å²) < 4.78 is 11.0. The van der Waals surface area contributed by atoms with Crippen molar-refractivity contribution in [1.29, 1.82) is 0 Å². The Bertz CT molecular complexity index is 771. The van der Waals surface area contributed by atoms with E-state index in [1.807, 2.05) is 32.0 Å². The highest BCUT2D eigenvalue weighted by Gasteiger charge is 2.24. The quantitative estimate of drug-likeness (QED) is 0.891. The van der Waals surface area contributed by atoms with Crippen molar-refractivity contribution in [3.63, 3.8) is 0 Å². The number of nitrogens with one attached hydrogen (secondary N) is 1. The highest BCUT2D eigenvalue weighted by molar-refractivity contribution is 5.94. The van der Waals surface area contributed by atoms with E-state index in [1.54, 1.807) is 19.5 Å². The first-order valence-electron chi connectivity index (χ1n) is 8.96. The molecule has 2 aromatic rings. The molecule has 0 spiro atoms. The summed E-state index contributed by atoms with van der Waals surface area (Å²) in [5, 5.41) is 3.14. The second kappa shape index (κ2) is 8.17. The summed E-state index contributed by atoms with van der Waals surface area (Å²) in [5.41, 5.74) is 3.05. The number of methoxy groups -OCH3 is 1. The van der Waals surface area contributed by atoms with E-state index in [4.69, 9.17) is 9.47 Å². The molecule has 1 aromatic heterocycles. The van der Waals surface area contributed by atoms with Crippen LogP contribution in [0.1, 0.15) is 47.2 Å². The molecule has 1 fully saturated rings. The maximum Gasteiger partial charge on any atom is 0.251 e. The highest BCUT2D eigenvalue weighted by atomic mass is 16.5. The van der Waals surface area contributed by atoms with Crippen molar-refractivity contribution in [1.82, 2.24) is 15.3 Å². The molecule has 0 atom stereocenters. The smallest absolute Gasteiger partial charge is 0.251 e. The molecule has 0 radical (unpaired) electrons. The molecule has 1 saturated carbocycles. The molecule has 1 aromatic carbocycles. The monoisotopic (exact) mass is 355 g/mol. The Morgan fingerprint density at radius 2 is 1.81 bits per heavy atom. The average molecular weight is 355 g/mol. The zero-order valence-electron chi connectivity index (χ0n) is 15.5. The number of aromatic nitrogens is 2. The van der Waals surface area contributed by atoms with E-state index in [2.05, 4.69) is 15.3 Å². The van der Waals surface area contributed by atoms with E-state index in [0.29, 0.717) is 11.8 Å². The van der Waals surface area contributed by atoms with Crippen LogP contribution in [0.25, 0.3) is 0 Å². The van der Waals surface area contributed by atoms with Gasteiger partial charge in [0.1, 0.15) is 6.10 Å². The van der Waals surface area contributed by atoms with Gasteiger partial charge in [0.25, 0.3) is 5.91 Å². The Balaban J connectivity index is 1.50. The van der Waals surface area contributed by atoms with Crippen LogP contribution in [-0.4, -0.2) is 35.1 Å². The Kier molecular flexibility index (Phi) is 5.71. The van der Waals surface area contributed by atoms with Crippen LogP contribution in [0, 0.1) is 13.8 Å². The summed E-state index contributed by atoms with van der Waals surface area (Å²) in [4.78, 5) is 20.7. The van der Waals surface area contributed by atoms with Gasteiger partial charge < -0.3 is 14.8 Å². The maximum absolute atomic E-state index is 12.4. The molecule has 1 amide bonds. The fourth-order valence-corrected chi connectivity index (χ4v) is 3.13. The fourth-order valence-electron chi connectivity index (χ4n) is 3.13. The molecule has 1 aliphatic carbocycles. The predicted molar refractivity (Wildman–Crippen MR) is 98.6 cm³/mol. The van der Waals surface area contributed by atoms with Crippen molar-refractivity contribution >= 4 is 5.91 Å². The largest absolute Gasteiger partial charge is 0.480 e. The van der Waals surface area contributed by atoms with Crippen LogP contribution >= 0.6 is 0 Å². The lowest BCUT2D eigenvalue weighted by Gasteiger charge is -2.29. The van der Waals surface area contributed by atoms with Gasteiger partial charge in [-0.1, -0.05) is 6.07 Å². The topological polar surface area (TPSA) is 73.3 Å². The second-order valence-electron chi connectivity index (χ2n) is 6.76. The molecule has 0 aliphatic heterocycles. The van der Waals surface area contributed by atoms with Gasteiger partial charge in [-0.2, -0.15) is 4.98 Å². The van der Waals surface area contributed by atoms with Crippen LogP contribution in [0.5, 0.6) is 11.8 Å². The molecule has 3 rings (SSSR count). The molecular weight excluding hydrogens is 330 g/mol. The van der Waals surface area contributed by atoms with Crippen molar-refractivity contribution in [2.75, 3.05) is 7.11 Å². The molecule has 1 heterocycles. The number of hydrogen-bond donors (Lipinski definition) is 1. The SMILES string of the molecule is COc1cncc(OC2CCC(NC(=O)c3ccc(C)c(C)c3)CC2)n1. The molecule has 1 aliphatic rings. The molecule has 26 heavy (non-hydrogen) atoms. The average Bonchev–Trinajstić information content (AvgIpc) is 2.65. The summed E-state index contributed by atoms with van der Waals surface area (Å²) in [6.07, 6.45) is 6.75. The van der Waals surface area contributed by atoms with Crippen molar-refractivity contribution in [2.24, 2.45) is 0 Å². The number of nitrogens with zero attached hydrogens (tertiary/aromatic N) is 2. The first kappa shape index (κ1) is 18.2. The number of benzene rings is 1. The van der Waals surface area contributed by atoms with E-state index in [-0.39, 0.29) is 18.1 Å². The van der Waals surface area contributed by atoms with Gasteiger partial charge in [-0.3, -0.25) is 9.78 Å². The number of carbonyl (C=O) groups excluding carboxylic acids is 1. The van der Waals surface area contributed by atoms with E-state index >= 15 is 0 Å². The lowest BCUT2D eigenvalue weighted by molar-refractivity contribution is 0.0889. The lowest BCUT2D eigenvalue weighted by Crippen LogP contribution is -2.39. The fraction of sp³-hybridized carbons (Fsp3) is 0.450. The number of amides is 1. The Hall–Kier alpha value is -2.63. The molecule has 138 valence electrons. The van der Waals surface area contributed by atoms with E-state index in [9.17, 15) is 4.79 Å². The minimum atomic E-state index is -0.00358. The molecule has 1 N–H and O–H groups in total. The number of aryl methyl sites for hydroxylation is 2. The second-order valence-corrected chi connectivity index (χ2v) is 6.76. The van der Waals surface area contributed by atoms with Gasteiger partial charge in [-0.05, 0) is 62.8 Å². The van der Waals surface area contributed by atoms with E-state index < -0.39 is 0 Å². The van der Waals surface area contributed by atoms with E-state index in [1.165, 1.54) is 5.56 Å². The minimum Gasteiger partial charge on any atom is -0.480 e. The van der Waals surface area contributed by atoms with Crippen molar-refractivity contribution in [2.45, 2.75) is 51.7 Å². The zero-order valence-corrected chi connectivity index (χ0v) is 15.5. The summed E-state index contributed by atoms with van der Waals surface area (Å²) in [5.74, 6) is 0.917. The van der Waals surface area contributed by atoms with Crippen molar-refractivity contribution < 1.29 is 14.3 Å². The van der Waals surface area contributed by atoms with Gasteiger partial charge in [0.15, 0.2) is 0 Å². The van der Waals surface area contributed by atoms with Crippen molar-refractivity contribution in [3.05, 3.63) is 47.3 Å². The normalized spacial score (nSPS) is 19.7. The van der Waals surface area contributed by atoms with Gasteiger partial charge >= 0.3 is 0 Å². The summed E-state index contributed by atoms with van der Waals surface area (Å²) in [6.45, 7) is 4.07. The standard InChI is InChI=1S/C20H25N3O3/c1-13-4-5-15(10-14(13)2)20(24)22-16-6-8-17(9-7-16)26-19-12-21-11-18(23-19)25-3/h4-5,10-12,16-17H,6-9H2,1-3H3,(H,22,24). The molecule has 6 heteroatoms. The first-order valence-corrected chi connectivity index (χ1v) is 8.96. The minimum absolute atomic E-state index is 0.00358. The first-order chi connectivity index (χ1) is 12.5. The summed E-state index contributed by atoms with van der Waals surface area (Å²) in [6, 6.07) is 6.00. The molecule has 6 nitrogen and oxygen atoms in total. The Morgan fingerprint density at radius 1 is 1.08 bits per heavy atom. The number of rotatable bonds is 5. The lowest BCUT2D eigenvalue weighted by atomic mass is 9.92. The third-order valence-corrected chi connectivity index (χ3v) is 4.87. The van der Waals surface area contributed by atoms with Crippen LogP contribution in [0.3, 0.4) is 0 Å². The molecule has 0 unspecified atom stereocenters. The Labute approximate surface area is 154 Å². The van der Waals surface area contributed by atoms with Gasteiger partial charge in [0.05, 0.1) is 19.5 Å². The van der Waals surface area contributed by atoms with Crippen LogP contribution in [0.15, 0.2) is 30.6 Å². The highest BCUT2D eigenvalue weighted by Crippen LogP contribution is 2.24. The van der Waals surface area contributed by atoms with E-state index in [0.717, 1.165) is 36.8 Å². The van der Waals surface area contributed by atoms with Gasteiger partial charge in [-0.15, -0.1) is 0 Å². The van der Waals surface area contributed by atoms with Gasteiger partial charge in [0, 0.05) is 11.6 Å². The molecule has 0 saturated heterocycles. The van der Waals surface area contributed by atoms with Crippen LogP contribution < -0.4 is 14.8 Å². The van der Waals surface area contributed by atoms with Crippen LogP contribution in [0.2, 0.25) is 0 Å². The number of carbonyl (C=O) groups is 1. The van der Waals surface area contributed by atoms with Crippen LogP contribution in [0.4, 0.5) is 0 Å². The summed E-state index contributed by atoms with van der Waals surface area (Å²) in [7, 11) is 1.55. The van der Waals surface area contributed by atoms with Crippen LogP contribution in [-0.2, 0) is 0 Å². The number of hydrogen-bond acceptors (Lipinski definition) is 5. The molecule has 0 bridgehead atoms. The molecular formula is C20H25N3O3. The zero-order chi connectivity index (χ0) is 18.5. The Morgan fingerprint density at radius 3 is 2.50 bits per heavy atom. The summed E-state index contributed by atoms with van der Waals surface area (Å²) >= 11 is 0. The maximum atomic E-state index is 12.4. The number of ether oxygens (including phenoxy) is 2. The third-order valence-electron chi connectivity index (χ3n) is 4.87. The van der Waals surface area contributed by atoms with Gasteiger partial charge in [0.2, 0.25) is 11.8 Å². The third kappa shape index (κ3) is 4.50.